The first kappa shape index (κ1) is 21.0. The van der Waals surface area contributed by atoms with Crippen LogP contribution in [0.15, 0.2) is 70.7 Å². The molecule has 2 heterocycles. The van der Waals surface area contributed by atoms with Gasteiger partial charge in [0.25, 0.3) is 5.56 Å². The molecule has 0 saturated heterocycles. The SMILES string of the molecule is CC(C)CNS(=O)(=O)c1ccc(C(=O)Cn2c(=O)c3ccccc3n3cncc23)cc1. The number of para-hydroxylation sites is 1. The van der Waals surface area contributed by atoms with Gasteiger partial charge in [-0.05, 0) is 42.3 Å². The van der Waals surface area contributed by atoms with Crippen LogP contribution in [-0.2, 0) is 16.6 Å². The van der Waals surface area contributed by atoms with Gasteiger partial charge < -0.3 is 0 Å². The number of nitrogens with one attached hydrogen (secondary N) is 1. The Kier molecular flexibility index (Phi) is 5.47. The zero-order valence-corrected chi connectivity index (χ0v) is 18.0. The maximum Gasteiger partial charge on any atom is 0.262 e. The van der Waals surface area contributed by atoms with Gasteiger partial charge in [0, 0.05) is 12.1 Å². The Balaban J connectivity index is 1.64. The molecule has 0 fully saturated rings. The number of Topliss-reactive ketones (excluding diaryl/α,β-unsaturated/α-hetero) is 1. The molecule has 2 aromatic heterocycles. The molecule has 31 heavy (non-hydrogen) atoms. The summed E-state index contributed by atoms with van der Waals surface area (Å²) in [4.78, 5) is 30.1. The average molecular weight is 439 g/mol. The van der Waals surface area contributed by atoms with Gasteiger partial charge in [0.2, 0.25) is 10.0 Å². The summed E-state index contributed by atoms with van der Waals surface area (Å²) in [5.41, 5.74) is 1.26. The molecule has 8 nitrogen and oxygen atoms in total. The molecule has 9 heteroatoms. The van der Waals surface area contributed by atoms with Crippen molar-refractivity contribution in [3.63, 3.8) is 0 Å². The normalized spacial score (nSPS) is 12.1. The number of hydrogen-bond donors (Lipinski definition) is 1. The second-order valence-corrected chi connectivity index (χ2v) is 9.49. The van der Waals surface area contributed by atoms with Crippen molar-refractivity contribution in [3.05, 3.63) is 77.0 Å². The maximum absolute atomic E-state index is 13.0. The Hall–Kier alpha value is -3.30. The predicted octanol–water partition coefficient (Wildman–Crippen LogP) is 2.47. The van der Waals surface area contributed by atoms with Gasteiger partial charge in [-0.2, -0.15) is 0 Å². The van der Waals surface area contributed by atoms with E-state index < -0.39 is 10.0 Å². The molecule has 0 aliphatic carbocycles. The Morgan fingerprint density at radius 2 is 1.81 bits per heavy atom. The first-order chi connectivity index (χ1) is 14.8. The van der Waals surface area contributed by atoms with Crippen LogP contribution in [-0.4, -0.2) is 34.7 Å². The van der Waals surface area contributed by atoms with Crippen LogP contribution in [0.3, 0.4) is 0 Å². The van der Waals surface area contributed by atoms with E-state index >= 15 is 0 Å². The summed E-state index contributed by atoms with van der Waals surface area (Å²) in [6.45, 7) is 3.97. The van der Waals surface area contributed by atoms with Crippen LogP contribution >= 0.6 is 0 Å². The number of ketones is 1. The van der Waals surface area contributed by atoms with Crippen molar-refractivity contribution in [3.8, 4) is 0 Å². The van der Waals surface area contributed by atoms with E-state index in [4.69, 9.17) is 0 Å². The molecule has 4 rings (SSSR count). The average Bonchev–Trinajstić information content (AvgIpc) is 3.25. The predicted molar refractivity (Wildman–Crippen MR) is 118 cm³/mol. The van der Waals surface area contributed by atoms with Gasteiger partial charge in [0.15, 0.2) is 5.78 Å². The fourth-order valence-electron chi connectivity index (χ4n) is 3.35. The number of imidazole rings is 1. The minimum absolute atomic E-state index is 0.0887. The third kappa shape index (κ3) is 4.01. The summed E-state index contributed by atoms with van der Waals surface area (Å²) in [5, 5.41) is 0.485. The summed E-state index contributed by atoms with van der Waals surface area (Å²) in [6, 6.07) is 12.9. The molecule has 0 spiro atoms. The summed E-state index contributed by atoms with van der Waals surface area (Å²) in [6.07, 6.45) is 3.14. The standard InChI is InChI=1S/C22H22N4O4S/c1-15(2)11-24-31(29,30)17-9-7-16(8-10-17)20(27)13-25-21-12-23-14-26(21)19-6-4-3-5-18(19)22(25)28/h3-10,12,14-15,24H,11,13H2,1-2H3. The van der Waals surface area contributed by atoms with Gasteiger partial charge >= 0.3 is 0 Å². The van der Waals surface area contributed by atoms with E-state index in [0.717, 1.165) is 0 Å². The molecule has 0 bridgehead atoms. The van der Waals surface area contributed by atoms with Crippen molar-refractivity contribution in [1.29, 1.82) is 0 Å². The molecule has 0 aliphatic heterocycles. The molecule has 4 aromatic rings. The van der Waals surface area contributed by atoms with Crippen molar-refractivity contribution in [2.24, 2.45) is 5.92 Å². The largest absolute Gasteiger partial charge is 0.292 e. The number of benzene rings is 2. The molecule has 0 aliphatic rings. The fourth-order valence-corrected chi connectivity index (χ4v) is 4.57. The Morgan fingerprint density at radius 1 is 1.10 bits per heavy atom. The third-order valence-corrected chi connectivity index (χ3v) is 6.44. The Morgan fingerprint density at radius 3 is 2.52 bits per heavy atom. The maximum atomic E-state index is 13.0. The lowest BCUT2D eigenvalue weighted by atomic mass is 10.1. The molecular weight excluding hydrogens is 416 g/mol. The molecule has 0 radical (unpaired) electrons. The first-order valence-corrected chi connectivity index (χ1v) is 11.3. The highest BCUT2D eigenvalue weighted by molar-refractivity contribution is 7.89. The van der Waals surface area contributed by atoms with Gasteiger partial charge in [0.1, 0.15) is 12.0 Å². The molecule has 0 saturated carbocycles. The topological polar surface area (TPSA) is 103 Å². The number of carbonyl (C=O) groups is 1. The van der Waals surface area contributed by atoms with Crippen LogP contribution in [0.1, 0.15) is 24.2 Å². The number of carbonyl (C=O) groups excluding carboxylic acids is 1. The van der Waals surface area contributed by atoms with Gasteiger partial charge in [-0.1, -0.05) is 26.0 Å². The van der Waals surface area contributed by atoms with Crippen molar-refractivity contribution in [1.82, 2.24) is 18.7 Å². The number of hydrogen-bond acceptors (Lipinski definition) is 5. The van der Waals surface area contributed by atoms with Crippen LogP contribution < -0.4 is 10.3 Å². The highest BCUT2D eigenvalue weighted by Gasteiger charge is 2.17. The molecule has 0 amide bonds. The van der Waals surface area contributed by atoms with Crippen LogP contribution in [0, 0.1) is 5.92 Å². The quantitative estimate of drug-likeness (QED) is 0.447. The van der Waals surface area contributed by atoms with Crippen molar-refractivity contribution >= 4 is 32.4 Å². The van der Waals surface area contributed by atoms with Gasteiger partial charge in [-0.25, -0.2) is 18.1 Å². The lowest BCUT2D eigenvalue weighted by molar-refractivity contribution is 0.0972. The lowest BCUT2D eigenvalue weighted by Gasteiger charge is -2.11. The van der Waals surface area contributed by atoms with Crippen LogP contribution in [0.5, 0.6) is 0 Å². The molecule has 0 unspecified atom stereocenters. The summed E-state index contributed by atoms with van der Waals surface area (Å²) in [7, 11) is -3.64. The molecular formula is C22H22N4O4S. The number of nitrogens with zero attached hydrogens (tertiary/aromatic N) is 3. The lowest BCUT2D eigenvalue weighted by Crippen LogP contribution is -2.28. The Labute approximate surface area is 179 Å². The van der Waals surface area contributed by atoms with Gasteiger partial charge in [-0.3, -0.25) is 18.6 Å². The summed E-state index contributed by atoms with van der Waals surface area (Å²) >= 11 is 0. The number of aromatic nitrogens is 3. The van der Waals surface area contributed by atoms with Crippen molar-refractivity contribution in [2.45, 2.75) is 25.3 Å². The van der Waals surface area contributed by atoms with E-state index in [2.05, 4.69) is 9.71 Å². The summed E-state index contributed by atoms with van der Waals surface area (Å²) < 4.78 is 30.4. The Bertz CT molecular complexity index is 1430. The first-order valence-electron chi connectivity index (χ1n) is 9.84. The van der Waals surface area contributed by atoms with E-state index in [1.54, 1.807) is 22.9 Å². The van der Waals surface area contributed by atoms with E-state index in [0.29, 0.717) is 28.7 Å². The number of rotatable bonds is 7. The zero-order valence-electron chi connectivity index (χ0n) is 17.1. The van der Waals surface area contributed by atoms with E-state index in [1.165, 1.54) is 35.0 Å². The van der Waals surface area contributed by atoms with Gasteiger partial charge in [-0.15, -0.1) is 0 Å². The smallest absolute Gasteiger partial charge is 0.262 e. The summed E-state index contributed by atoms with van der Waals surface area (Å²) in [5.74, 6) is -0.129. The van der Waals surface area contributed by atoms with E-state index in [9.17, 15) is 18.0 Å². The van der Waals surface area contributed by atoms with Crippen molar-refractivity contribution in [2.75, 3.05) is 6.54 Å². The second-order valence-electron chi connectivity index (χ2n) is 7.72. The van der Waals surface area contributed by atoms with E-state index in [-0.39, 0.29) is 28.7 Å². The van der Waals surface area contributed by atoms with Gasteiger partial charge in [0.05, 0.1) is 28.5 Å². The molecule has 0 atom stereocenters. The fraction of sp³-hybridized carbons (Fsp3) is 0.227. The van der Waals surface area contributed by atoms with Crippen LogP contribution in [0.2, 0.25) is 0 Å². The van der Waals surface area contributed by atoms with E-state index in [1.807, 2.05) is 26.0 Å². The third-order valence-electron chi connectivity index (χ3n) is 5.00. The number of sulfonamides is 1. The monoisotopic (exact) mass is 438 g/mol. The second kappa shape index (κ2) is 8.09. The highest BCUT2D eigenvalue weighted by Crippen LogP contribution is 2.15. The minimum Gasteiger partial charge on any atom is -0.292 e. The number of fused-ring (bicyclic) bond motifs is 3. The minimum atomic E-state index is -3.64. The van der Waals surface area contributed by atoms with Crippen LogP contribution in [0.25, 0.3) is 16.6 Å². The highest BCUT2D eigenvalue weighted by atomic mass is 32.2. The molecule has 1 N–H and O–H groups in total. The zero-order chi connectivity index (χ0) is 22.2. The molecule has 160 valence electrons. The molecule has 2 aromatic carbocycles. The van der Waals surface area contributed by atoms with Crippen molar-refractivity contribution < 1.29 is 13.2 Å². The van der Waals surface area contributed by atoms with Crippen LogP contribution in [0.4, 0.5) is 0 Å².